The molecule has 0 atom stereocenters. The topological polar surface area (TPSA) is 75.3 Å². The van der Waals surface area contributed by atoms with Gasteiger partial charge in [0.15, 0.2) is 5.82 Å². The summed E-state index contributed by atoms with van der Waals surface area (Å²) < 4.78 is 0. The molecule has 104 valence electrons. The van der Waals surface area contributed by atoms with Gasteiger partial charge < -0.3 is 15.7 Å². The zero-order chi connectivity index (χ0) is 14.9. The Labute approximate surface area is 123 Å². The van der Waals surface area contributed by atoms with Crippen molar-refractivity contribution in [3.8, 4) is 5.75 Å². The number of hydrogen-bond donors (Lipinski definition) is 2. The van der Waals surface area contributed by atoms with Gasteiger partial charge in [-0.05, 0) is 43.7 Å². The lowest BCUT2D eigenvalue weighted by Gasteiger charge is -2.22. The molecule has 0 bridgehead atoms. The highest BCUT2D eigenvalue weighted by molar-refractivity contribution is 7.80. The van der Waals surface area contributed by atoms with Crippen molar-refractivity contribution in [3.63, 3.8) is 0 Å². The molecule has 0 aliphatic rings. The van der Waals surface area contributed by atoms with Crippen LogP contribution in [0.1, 0.15) is 16.8 Å². The van der Waals surface area contributed by atoms with Gasteiger partial charge in [-0.15, -0.1) is 5.10 Å². The van der Waals surface area contributed by atoms with Crippen LogP contribution in [0.15, 0.2) is 24.3 Å². The molecule has 2 rings (SSSR count). The minimum Gasteiger partial charge on any atom is -0.508 e. The molecule has 0 spiro atoms. The van der Waals surface area contributed by atoms with E-state index in [0.717, 1.165) is 22.5 Å². The van der Waals surface area contributed by atoms with Gasteiger partial charge in [-0.25, -0.2) is 0 Å². The van der Waals surface area contributed by atoms with Crippen molar-refractivity contribution in [2.75, 3.05) is 11.9 Å². The van der Waals surface area contributed by atoms with Gasteiger partial charge in [0.05, 0.1) is 11.3 Å². The van der Waals surface area contributed by atoms with E-state index in [0.29, 0.717) is 10.8 Å². The zero-order valence-electron chi connectivity index (χ0n) is 11.6. The first-order valence-corrected chi connectivity index (χ1v) is 6.49. The van der Waals surface area contributed by atoms with Crippen LogP contribution in [-0.2, 0) is 0 Å². The fraction of sp³-hybridized carbons (Fsp3) is 0.214. The van der Waals surface area contributed by atoms with E-state index in [4.69, 9.17) is 18.0 Å². The van der Waals surface area contributed by atoms with E-state index in [1.54, 1.807) is 24.3 Å². The van der Waals surface area contributed by atoms with Crippen molar-refractivity contribution in [2.24, 2.45) is 5.73 Å². The molecule has 1 aromatic heterocycles. The molecule has 0 aliphatic heterocycles. The highest BCUT2D eigenvalue weighted by Crippen LogP contribution is 2.28. The van der Waals surface area contributed by atoms with Crippen LogP contribution in [0, 0.1) is 13.8 Å². The first kappa shape index (κ1) is 14.2. The average Bonchev–Trinajstić information content (AvgIpc) is 2.41. The van der Waals surface area contributed by atoms with Gasteiger partial charge in [-0.3, -0.25) is 0 Å². The number of thiocarbonyl (C=S) groups is 1. The SMILES string of the molecule is Cc1nnc(N(C)c2ccc(O)cc2)c(C(N)=S)c1C. The van der Waals surface area contributed by atoms with Crippen molar-refractivity contribution in [2.45, 2.75) is 13.8 Å². The minimum absolute atomic E-state index is 0.211. The van der Waals surface area contributed by atoms with Gasteiger partial charge >= 0.3 is 0 Å². The monoisotopic (exact) mass is 288 g/mol. The van der Waals surface area contributed by atoms with Crippen molar-refractivity contribution < 1.29 is 5.11 Å². The highest BCUT2D eigenvalue weighted by atomic mass is 32.1. The van der Waals surface area contributed by atoms with E-state index in [9.17, 15) is 5.11 Å². The van der Waals surface area contributed by atoms with Crippen LogP contribution >= 0.6 is 12.2 Å². The Hall–Kier alpha value is -2.21. The van der Waals surface area contributed by atoms with E-state index in [2.05, 4.69) is 10.2 Å². The Kier molecular flexibility index (Phi) is 3.85. The molecule has 3 N–H and O–H groups in total. The summed E-state index contributed by atoms with van der Waals surface area (Å²) >= 11 is 5.13. The number of aromatic nitrogens is 2. The third kappa shape index (κ3) is 2.55. The Morgan fingerprint density at radius 2 is 1.80 bits per heavy atom. The van der Waals surface area contributed by atoms with E-state index in [-0.39, 0.29) is 5.75 Å². The summed E-state index contributed by atoms with van der Waals surface area (Å²) in [7, 11) is 1.85. The van der Waals surface area contributed by atoms with Crippen molar-refractivity contribution in [1.29, 1.82) is 0 Å². The highest BCUT2D eigenvalue weighted by Gasteiger charge is 2.17. The number of benzene rings is 1. The smallest absolute Gasteiger partial charge is 0.165 e. The first-order chi connectivity index (χ1) is 9.41. The molecule has 0 aliphatic carbocycles. The van der Waals surface area contributed by atoms with Gasteiger partial charge in [-0.1, -0.05) is 12.2 Å². The average molecular weight is 288 g/mol. The number of hydrogen-bond acceptors (Lipinski definition) is 5. The van der Waals surface area contributed by atoms with Crippen LogP contribution < -0.4 is 10.6 Å². The van der Waals surface area contributed by atoms with E-state index >= 15 is 0 Å². The lowest BCUT2D eigenvalue weighted by molar-refractivity contribution is 0.475. The fourth-order valence-corrected chi connectivity index (χ4v) is 2.17. The largest absolute Gasteiger partial charge is 0.508 e. The van der Waals surface area contributed by atoms with E-state index in [1.165, 1.54) is 0 Å². The van der Waals surface area contributed by atoms with Gasteiger partial charge in [0.1, 0.15) is 10.7 Å². The van der Waals surface area contributed by atoms with Gasteiger partial charge in [0, 0.05) is 12.7 Å². The molecule has 1 aromatic carbocycles. The summed E-state index contributed by atoms with van der Waals surface area (Å²) in [6.45, 7) is 3.79. The van der Waals surface area contributed by atoms with Crippen LogP contribution in [-0.4, -0.2) is 27.3 Å². The van der Waals surface area contributed by atoms with Crippen molar-refractivity contribution >= 4 is 28.7 Å². The van der Waals surface area contributed by atoms with E-state index in [1.807, 2.05) is 25.8 Å². The molecule has 0 fully saturated rings. The Balaban J connectivity index is 2.54. The second-order valence-electron chi connectivity index (χ2n) is 4.55. The third-order valence-electron chi connectivity index (χ3n) is 3.24. The summed E-state index contributed by atoms with van der Waals surface area (Å²) in [5.74, 6) is 0.814. The van der Waals surface area contributed by atoms with Crippen LogP contribution in [0.2, 0.25) is 0 Å². The van der Waals surface area contributed by atoms with Crippen molar-refractivity contribution in [1.82, 2.24) is 10.2 Å². The van der Waals surface area contributed by atoms with Crippen LogP contribution in [0.3, 0.4) is 0 Å². The molecular formula is C14H16N4OS. The number of nitrogens with zero attached hydrogens (tertiary/aromatic N) is 3. The summed E-state index contributed by atoms with van der Waals surface area (Å²) in [5.41, 5.74) is 9.13. The molecule has 0 radical (unpaired) electrons. The number of nitrogens with two attached hydrogens (primary N) is 1. The molecule has 6 heteroatoms. The Morgan fingerprint density at radius 1 is 1.20 bits per heavy atom. The fourth-order valence-electron chi connectivity index (χ4n) is 1.92. The maximum Gasteiger partial charge on any atom is 0.165 e. The Morgan fingerprint density at radius 3 is 2.35 bits per heavy atom. The maximum absolute atomic E-state index is 9.35. The summed E-state index contributed by atoms with van der Waals surface area (Å²) in [6.07, 6.45) is 0. The Bertz CT molecular complexity index is 655. The van der Waals surface area contributed by atoms with E-state index < -0.39 is 0 Å². The maximum atomic E-state index is 9.35. The predicted molar refractivity (Wildman–Crippen MR) is 83.6 cm³/mol. The molecule has 0 saturated carbocycles. The number of aryl methyl sites for hydroxylation is 1. The molecular weight excluding hydrogens is 272 g/mol. The lowest BCUT2D eigenvalue weighted by Crippen LogP contribution is -2.22. The molecule has 0 saturated heterocycles. The summed E-state index contributed by atoms with van der Waals surface area (Å²) in [5, 5.41) is 17.7. The standard InChI is InChI=1S/C14H16N4OS/c1-8-9(2)16-17-14(12(8)13(15)20)18(3)10-4-6-11(19)7-5-10/h4-7,19H,1-3H3,(H2,15,20). The molecule has 1 heterocycles. The quantitative estimate of drug-likeness (QED) is 0.843. The van der Waals surface area contributed by atoms with Gasteiger partial charge in [-0.2, -0.15) is 5.10 Å². The van der Waals surface area contributed by atoms with Crippen LogP contribution in [0.25, 0.3) is 0 Å². The third-order valence-corrected chi connectivity index (χ3v) is 3.44. The number of phenolic OH excluding ortho intramolecular Hbond substituents is 1. The van der Waals surface area contributed by atoms with Gasteiger partial charge in [0.2, 0.25) is 0 Å². The van der Waals surface area contributed by atoms with Crippen LogP contribution in [0.5, 0.6) is 5.75 Å². The molecule has 5 nitrogen and oxygen atoms in total. The molecule has 0 unspecified atom stereocenters. The second kappa shape index (κ2) is 5.42. The summed E-state index contributed by atoms with van der Waals surface area (Å²) in [6, 6.07) is 6.80. The number of aromatic hydroxyl groups is 1. The minimum atomic E-state index is 0.211. The number of phenols is 1. The molecule has 2 aromatic rings. The van der Waals surface area contributed by atoms with Gasteiger partial charge in [0.25, 0.3) is 0 Å². The normalized spacial score (nSPS) is 10.3. The number of anilines is 2. The lowest BCUT2D eigenvalue weighted by atomic mass is 10.1. The number of rotatable bonds is 3. The first-order valence-electron chi connectivity index (χ1n) is 6.08. The van der Waals surface area contributed by atoms with Crippen LogP contribution in [0.4, 0.5) is 11.5 Å². The molecule has 20 heavy (non-hydrogen) atoms. The van der Waals surface area contributed by atoms with Crippen molar-refractivity contribution in [3.05, 3.63) is 41.1 Å². The summed E-state index contributed by atoms with van der Waals surface area (Å²) in [4.78, 5) is 2.13. The zero-order valence-corrected chi connectivity index (χ0v) is 12.4. The predicted octanol–water partition coefficient (Wildman–Crippen LogP) is 2.20. The second-order valence-corrected chi connectivity index (χ2v) is 4.99. The molecule has 0 amide bonds.